The van der Waals surface area contributed by atoms with Crippen LogP contribution in [0.1, 0.15) is 27.7 Å². The predicted octanol–water partition coefficient (Wildman–Crippen LogP) is 2.94. The minimum atomic E-state index is -1.34. The van der Waals surface area contributed by atoms with Gasteiger partial charge in [-0.25, -0.2) is 0 Å². The van der Waals surface area contributed by atoms with E-state index in [1.807, 2.05) is 18.2 Å². The molecule has 0 spiro atoms. The number of para-hydroxylation sites is 1. The maximum absolute atomic E-state index is 12.0. The zero-order chi connectivity index (χ0) is 26.9. The molecule has 37 heavy (non-hydrogen) atoms. The van der Waals surface area contributed by atoms with Crippen LogP contribution in [0.3, 0.4) is 0 Å². The van der Waals surface area contributed by atoms with Gasteiger partial charge in [0.15, 0.2) is 12.2 Å². The van der Waals surface area contributed by atoms with Crippen molar-refractivity contribution in [2.75, 3.05) is 6.61 Å². The van der Waals surface area contributed by atoms with Crippen LogP contribution in [0.5, 0.6) is 17.2 Å². The van der Waals surface area contributed by atoms with Crippen molar-refractivity contribution in [3.63, 3.8) is 0 Å². The maximum Gasteiger partial charge on any atom is 0.303 e. The fourth-order valence-corrected chi connectivity index (χ4v) is 3.65. The summed E-state index contributed by atoms with van der Waals surface area (Å²) in [5.41, 5.74) is 0. The fourth-order valence-electron chi connectivity index (χ4n) is 3.65. The van der Waals surface area contributed by atoms with Gasteiger partial charge in [0.05, 0.1) is 0 Å². The fraction of sp³-hybridized carbons (Fsp3) is 0.385. The molecule has 2 aromatic carbocycles. The van der Waals surface area contributed by atoms with Crippen LogP contribution >= 0.6 is 0 Å². The number of carbonyl (C=O) groups is 4. The first-order chi connectivity index (χ1) is 17.6. The first-order valence-corrected chi connectivity index (χ1v) is 11.4. The molecule has 0 saturated carbocycles. The zero-order valence-electron chi connectivity index (χ0n) is 20.8. The lowest BCUT2D eigenvalue weighted by molar-refractivity contribution is -0.288. The summed E-state index contributed by atoms with van der Waals surface area (Å²) in [6, 6.07) is 15.7. The highest BCUT2D eigenvalue weighted by molar-refractivity contribution is 5.68. The molecule has 1 aliphatic rings. The van der Waals surface area contributed by atoms with Gasteiger partial charge in [0, 0.05) is 33.8 Å². The molecule has 0 N–H and O–H groups in total. The van der Waals surface area contributed by atoms with Crippen molar-refractivity contribution in [3.8, 4) is 17.2 Å². The lowest BCUT2D eigenvalue weighted by Crippen LogP contribution is -2.63. The zero-order valence-corrected chi connectivity index (χ0v) is 20.8. The van der Waals surface area contributed by atoms with Crippen LogP contribution in [0.15, 0.2) is 54.6 Å². The second-order valence-corrected chi connectivity index (χ2v) is 8.08. The molecule has 0 bridgehead atoms. The molecular weight excluding hydrogens is 488 g/mol. The van der Waals surface area contributed by atoms with E-state index in [1.54, 1.807) is 36.4 Å². The maximum atomic E-state index is 12.0. The quantitative estimate of drug-likeness (QED) is 0.360. The van der Waals surface area contributed by atoms with E-state index in [1.165, 1.54) is 6.92 Å². The van der Waals surface area contributed by atoms with Crippen LogP contribution in [0.2, 0.25) is 0 Å². The minimum absolute atomic E-state index is 0.273. The molecule has 11 nitrogen and oxygen atoms in total. The molecule has 0 amide bonds. The monoisotopic (exact) mass is 516 g/mol. The summed E-state index contributed by atoms with van der Waals surface area (Å²) < 4.78 is 39.0. The first kappa shape index (κ1) is 27.5. The lowest BCUT2D eigenvalue weighted by atomic mass is 9.98. The van der Waals surface area contributed by atoms with Crippen LogP contribution in [-0.2, 0) is 42.9 Å². The topological polar surface area (TPSA) is 133 Å². The van der Waals surface area contributed by atoms with Gasteiger partial charge in [0.25, 0.3) is 0 Å². The van der Waals surface area contributed by atoms with Crippen molar-refractivity contribution in [1.82, 2.24) is 0 Å². The Morgan fingerprint density at radius 1 is 0.676 bits per heavy atom. The number of carbonyl (C=O) groups excluding carboxylic acids is 4. The minimum Gasteiger partial charge on any atom is -0.463 e. The van der Waals surface area contributed by atoms with E-state index in [9.17, 15) is 19.2 Å². The molecule has 2 aromatic rings. The molecule has 0 aliphatic carbocycles. The van der Waals surface area contributed by atoms with Gasteiger partial charge in [-0.1, -0.05) is 24.3 Å². The standard InChI is InChI=1S/C26H28O11/c1-15(27)31-14-22-23(32-16(2)28)24(33-17(3)29)25(34-18(4)30)26(37-22)36-21-12-8-11-20(13-21)35-19-9-6-5-7-10-19/h5-13,22-26H,14H2,1-4H3/t22-,23-,24+,25-,26+/m0/s1. The molecule has 1 saturated heterocycles. The van der Waals surface area contributed by atoms with Gasteiger partial charge in [-0.05, 0) is 24.3 Å². The van der Waals surface area contributed by atoms with Crippen molar-refractivity contribution < 1.29 is 52.3 Å². The van der Waals surface area contributed by atoms with E-state index in [0.717, 1.165) is 20.8 Å². The Hall–Kier alpha value is -4.12. The van der Waals surface area contributed by atoms with E-state index in [-0.39, 0.29) is 12.4 Å². The summed E-state index contributed by atoms with van der Waals surface area (Å²) in [5, 5.41) is 0. The van der Waals surface area contributed by atoms with Crippen molar-refractivity contribution in [2.24, 2.45) is 0 Å². The van der Waals surface area contributed by atoms with E-state index < -0.39 is 54.6 Å². The van der Waals surface area contributed by atoms with Crippen LogP contribution in [-0.4, -0.2) is 61.2 Å². The Labute approximate surface area is 213 Å². The van der Waals surface area contributed by atoms with Crippen molar-refractivity contribution in [3.05, 3.63) is 54.6 Å². The number of hydrogen-bond acceptors (Lipinski definition) is 11. The predicted molar refractivity (Wildman–Crippen MR) is 126 cm³/mol. The number of benzene rings is 2. The summed E-state index contributed by atoms with van der Waals surface area (Å²) in [7, 11) is 0. The van der Waals surface area contributed by atoms with Gasteiger partial charge in [0.1, 0.15) is 30.0 Å². The Bertz CT molecular complexity index is 1100. The lowest BCUT2D eigenvalue weighted by Gasteiger charge is -2.43. The number of ether oxygens (including phenoxy) is 7. The molecule has 198 valence electrons. The summed E-state index contributed by atoms with van der Waals surface area (Å²) in [6.45, 7) is 4.29. The van der Waals surface area contributed by atoms with Gasteiger partial charge in [0.2, 0.25) is 12.4 Å². The van der Waals surface area contributed by atoms with Crippen LogP contribution in [0.4, 0.5) is 0 Å². The molecule has 1 heterocycles. The Morgan fingerprint density at radius 2 is 1.24 bits per heavy atom. The largest absolute Gasteiger partial charge is 0.463 e. The third-order valence-corrected chi connectivity index (χ3v) is 4.98. The smallest absolute Gasteiger partial charge is 0.303 e. The van der Waals surface area contributed by atoms with E-state index >= 15 is 0 Å². The summed E-state index contributed by atoms with van der Waals surface area (Å²) in [6.07, 6.45) is -6.38. The summed E-state index contributed by atoms with van der Waals surface area (Å²) in [5.74, 6) is -1.45. The molecule has 0 aromatic heterocycles. The second-order valence-electron chi connectivity index (χ2n) is 8.08. The Morgan fingerprint density at radius 3 is 1.86 bits per heavy atom. The molecular formula is C26H28O11. The van der Waals surface area contributed by atoms with Crippen molar-refractivity contribution in [2.45, 2.75) is 58.4 Å². The molecule has 3 rings (SSSR count). The second kappa shape index (κ2) is 12.7. The Kier molecular flexibility index (Phi) is 9.45. The van der Waals surface area contributed by atoms with Gasteiger partial charge in [-0.2, -0.15) is 0 Å². The average Bonchev–Trinajstić information content (AvgIpc) is 2.81. The number of rotatable bonds is 9. The average molecular weight is 516 g/mol. The molecule has 11 heteroatoms. The Balaban J connectivity index is 1.93. The third kappa shape index (κ3) is 8.21. The highest BCUT2D eigenvalue weighted by Gasteiger charge is 2.53. The molecule has 5 atom stereocenters. The van der Waals surface area contributed by atoms with Crippen LogP contribution in [0, 0.1) is 0 Å². The van der Waals surface area contributed by atoms with E-state index in [2.05, 4.69) is 0 Å². The van der Waals surface area contributed by atoms with Crippen molar-refractivity contribution >= 4 is 23.9 Å². The normalized spacial score (nSPS) is 22.8. The molecule has 1 aliphatic heterocycles. The summed E-state index contributed by atoms with van der Waals surface area (Å²) >= 11 is 0. The summed E-state index contributed by atoms with van der Waals surface area (Å²) in [4.78, 5) is 47.2. The third-order valence-electron chi connectivity index (χ3n) is 4.98. The first-order valence-electron chi connectivity index (χ1n) is 11.4. The van der Waals surface area contributed by atoms with Gasteiger partial charge < -0.3 is 33.2 Å². The van der Waals surface area contributed by atoms with Crippen molar-refractivity contribution in [1.29, 1.82) is 0 Å². The molecule has 1 fully saturated rings. The number of hydrogen-bond donors (Lipinski definition) is 0. The van der Waals surface area contributed by atoms with Gasteiger partial charge in [-0.3, -0.25) is 19.2 Å². The van der Waals surface area contributed by atoms with E-state index in [0.29, 0.717) is 11.5 Å². The number of esters is 4. The SMILES string of the molecule is CC(=O)OC[C@@H]1O[C@@H](Oc2cccc(Oc3ccccc3)c2)[C@@H](OC(C)=O)[C@H](OC(C)=O)[C@H]1OC(C)=O. The highest BCUT2D eigenvalue weighted by Crippen LogP contribution is 2.32. The molecule has 0 unspecified atom stereocenters. The van der Waals surface area contributed by atoms with Gasteiger partial charge >= 0.3 is 23.9 Å². The van der Waals surface area contributed by atoms with Gasteiger partial charge in [-0.15, -0.1) is 0 Å². The highest BCUT2D eigenvalue weighted by atomic mass is 16.7. The molecule has 0 radical (unpaired) electrons. The van der Waals surface area contributed by atoms with Crippen LogP contribution < -0.4 is 9.47 Å². The van der Waals surface area contributed by atoms with E-state index in [4.69, 9.17) is 33.2 Å². The van der Waals surface area contributed by atoms with Crippen LogP contribution in [0.25, 0.3) is 0 Å².